The van der Waals surface area contributed by atoms with E-state index in [9.17, 15) is 4.79 Å². The van der Waals surface area contributed by atoms with E-state index in [1.807, 2.05) is 11.4 Å². The first-order chi connectivity index (χ1) is 9.26. The van der Waals surface area contributed by atoms with Crippen LogP contribution < -0.4 is 5.32 Å². The summed E-state index contributed by atoms with van der Waals surface area (Å²) in [6, 6.07) is 1.85. The molecule has 0 radical (unpaired) electrons. The smallest absolute Gasteiger partial charge is 0.360 e. The fourth-order valence-electron chi connectivity index (χ4n) is 1.64. The average Bonchev–Trinajstić information content (AvgIpc) is 2.85. The van der Waals surface area contributed by atoms with Gasteiger partial charge in [0, 0.05) is 6.54 Å². The Kier molecular flexibility index (Phi) is 4.68. The number of esters is 1. The summed E-state index contributed by atoms with van der Waals surface area (Å²) in [4.78, 5) is 21.5. The van der Waals surface area contributed by atoms with Crippen LogP contribution in [0, 0.1) is 0 Å². The Balaban J connectivity index is 2.32. The molecular weight excluding hydrogens is 262 g/mol. The topological polar surface area (TPSA) is 64.1 Å². The summed E-state index contributed by atoms with van der Waals surface area (Å²) >= 11 is 1.51. The summed E-state index contributed by atoms with van der Waals surface area (Å²) in [5.41, 5.74) is 0.998. The van der Waals surface area contributed by atoms with Crippen LogP contribution in [0.2, 0.25) is 0 Å². The first-order valence-electron chi connectivity index (χ1n) is 6.42. The number of aromatic nitrogens is 2. The Hall–Kier alpha value is -1.69. The first kappa shape index (κ1) is 13.7. The van der Waals surface area contributed by atoms with E-state index < -0.39 is 5.97 Å². The summed E-state index contributed by atoms with van der Waals surface area (Å²) in [6.07, 6.45) is 2.10. The van der Waals surface area contributed by atoms with Crippen molar-refractivity contribution in [1.29, 1.82) is 0 Å². The van der Waals surface area contributed by atoms with E-state index in [0.717, 1.165) is 29.7 Å². The van der Waals surface area contributed by atoms with Crippen LogP contribution in [0.3, 0.4) is 0 Å². The highest BCUT2D eigenvalue weighted by molar-refractivity contribution is 7.16. The maximum Gasteiger partial charge on any atom is 0.360 e. The van der Waals surface area contributed by atoms with Gasteiger partial charge in [-0.15, -0.1) is 11.3 Å². The lowest BCUT2D eigenvalue weighted by Crippen LogP contribution is -2.14. The molecule has 19 heavy (non-hydrogen) atoms. The van der Waals surface area contributed by atoms with Crippen molar-refractivity contribution in [1.82, 2.24) is 9.97 Å². The third-order valence-electron chi connectivity index (χ3n) is 2.59. The van der Waals surface area contributed by atoms with Crippen LogP contribution in [0.5, 0.6) is 0 Å². The van der Waals surface area contributed by atoms with Crippen molar-refractivity contribution < 1.29 is 9.53 Å². The standard InChI is InChI=1S/C13H17N3O2S/c1-3-5-7-14-11-10(13(17)18-4-2)15-9-6-8-19-12(9)16-11/h6,8H,3-5,7H2,1-2H3,(H,14,16). The van der Waals surface area contributed by atoms with Crippen molar-refractivity contribution in [3.63, 3.8) is 0 Å². The van der Waals surface area contributed by atoms with Gasteiger partial charge in [-0.25, -0.2) is 14.8 Å². The second-order valence-corrected chi connectivity index (χ2v) is 4.93. The van der Waals surface area contributed by atoms with E-state index >= 15 is 0 Å². The summed E-state index contributed by atoms with van der Waals surface area (Å²) < 4.78 is 5.02. The van der Waals surface area contributed by atoms with Crippen molar-refractivity contribution >= 4 is 33.5 Å². The number of rotatable bonds is 6. The summed E-state index contributed by atoms with van der Waals surface area (Å²) in [5, 5.41) is 5.08. The highest BCUT2D eigenvalue weighted by atomic mass is 32.1. The van der Waals surface area contributed by atoms with Gasteiger partial charge >= 0.3 is 5.97 Å². The lowest BCUT2D eigenvalue weighted by Gasteiger charge is -2.09. The molecule has 0 spiro atoms. The number of carbonyl (C=O) groups is 1. The van der Waals surface area contributed by atoms with Crippen LogP contribution in [0.25, 0.3) is 10.3 Å². The van der Waals surface area contributed by atoms with E-state index in [0.29, 0.717) is 12.4 Å². The maximum absolute atomic E-state index is 11.9. The molecular formula is C13H17N3O2S. The normalized spacial score (nSPS) is 10.6. The molecule has 0 saturated carbocycles. The molecule has 0 bridgehead atoms. The fourth-order valence-corrected chi connectivity index (χ4v) is 2.34. The highest BCUT2D eigenvalue weighted by Gasteiger charge is 2.17. The summed E-state index contributed by atoms with van der Waals surface area (Å²) in [7, 11) is 0. The summed E-state index contributed by atoms with van der Waals surface area (Å²) in [6.45, 7) is 4.99. The third-order valence-corrected chi connectivity index (χ3v) is 3.38. The molecule has 2 heterocycles. The SMILES string of the molecule is CCCCNc1nc2sccc2nc1C(=O)OCC. The number of nitrogens with one attached hydrogen (secondary N) is 1. The average molecular weight is 279 g/mol. The van der Waals surface area contributed by atoms with E-state index in [2.05, 4.69) is 22.2 Å². The zero-order valence-electron chi connectivity index (χ0n) is 11.1. The van der Waals surface area contributed by atoms with Crippen molar-refractivity contribution in [2.24, 2.45) is 0 Å². The maximum atomic E-state index is 11.9. The number of thiophene rings is 1. The van der Waals surface area contributed by atoms with Gasteiger partial charge in [0.25, 0.3) is 0 Å². The minimum atomic E-state index is -0.429. The lowest BCUT2D eigenvalue weighted by atomic mass is 10.3. The molecule has 2 aromatic rings. The Morgan fingerprint density at radius 2 is 2.26 bits per heavy atom. The number of unbranched alkanes of at least 4 members (excludes halogenated alkanes) is 1. The van der Waals surface area contributed by atoms with Gasteiger partial charge in [-0.1, -0.05) is 13.3 Å². The van der Waals surface area contributed by atoms with Crippen molar-refractivity contribution in [2.45, 2.75) is 26.7 Å². The molecule has 0 unspecified atom stereocenters. The molecule has 0 aromatic carbocycles. The lowest BCUT2D eigenvalue weighted by molar-refractivity contribution is 0.0521. The summed E-state index contributed by atoms with van der Waals surface area (Å²) in [5.74, 6) is 0.0870. The van der Waals surface area contributed by atoms with Gasteiger partial charge in [0.1, 0.15) is 10.3 Å². The molecule has 2 aromatic heterocycles. The van der Waals surface area contributed by atoms with Crippen LogP contribution in [-0.2, 0) is 4.74 Å². The molecule has 102 valence electrons. The molecule has 0 aliphatic rings. The van der Waals surface area contributed by atoms with E-state index in [4.69, 9.17) is 4.74 Å². The minimum Gasteiger partial charge on any atom is -0.461 e. The number of fused-ring (bicyclic) bond motifs is 1. The number of nitrogens with zero attached hydrogens (tertiary/aromatic N) is 2. The molecule has 0 aliphatic heterocycles. The highest BCUT2D eigenvalue weighted by Crippen LogP contribution is 2.22. The molecule has 6 heteroatoms. The third kappa shape index (κ3) is 3.20. The number of hydrogen-bond donors (Lipinski definition) is 1. The Labute approximate surface area is 116 Å². The number of hydrogen-bond acceptors (Lipinski definition) is 6. The van der Waals surface area contributed by atoms with Crippen LogP contribution in [-0.4, -0.2) is 29.1 Å². The molecule has 2 rings (SSSR count). The number of anilines is 1. The van der Waals surface area contributed by atoms with Gasteiger partial charge in [-0.05, 0) is 24.8 Å². The monoisotopic (exact) mass is 279 g/mol. The van der Waals surface area contributed by atoms with Gasteiger partial charge in [-0.2, -0.15) is 0 Å². The quantitative estimate of drug-likeness (QED) is 0.650. The fraction of sp³-hybridized carbons (Fsp3) is 0.462. The van der Waals surface area contributed by atoms with Crippen LogP contribution in [0.15, 0.2) is 11.4 Å². The Morgan fingerprint density at radius 1 is 1.42 bits per heavy atom. The molecule has 0 atom stereocenters. The van der Waals surface area contributed by atoms with Gasteiger partial charge in [0.15, 0.2) is 11.5 Å². The van der Waals surface area contributed by atoms with E-state index in [1.54, 1.807) is 6.92 Å². The van der Waals surface area contributed by atoms with E-state index in [-0.39, 0.29) is 5.69 Å². The van der Waals surface area contributed by atoms with Gasteiger partial charge in [-0.3, -0.25) is 0 Å². The number of ether oxygens (including phenoxy) is 1. The van der Waals surface area contributed by atoms with Crippen molar-refractivity contribution in [3.8, 4) is 0 Å². The second-order valence-electron chi connectivity index (χ2n) is 4.03. The van der Waals surface area contributed by atoms with Crippen molar-refractivity contribution in [2.75, 3.05) is 18.5 Å². The van der Waals surface area contributed by atoms with Crippen LogP contribution in [0.4, 0.5) is 5.82 Å². The van der Waals surface area contributed by atoms with Crippen LogP contribution in [0.1, 0.15) is 37.2 Å². The predicted octanol–water partition coefficient (Wildman–Crippen LogP) is 3.08. The minimum absolute atomic E-state index is 0.267. The van der Waals surface area contributed by atoms with Gasteiger partial charge < -0.3 is 10.1 Å². The molecule has 0 fully saturated rings. The number of carbonyl (C=O) groups excluding carboxylic acids is 1. The second kappa shape index (κ2) is 6.47. The van der Waals surface area contributed by atoms with Gasteiger partial charge in [0.05, 0.1) is 6.61 Å². The Morgan fingerprint density at radius 3 is 3.00 bits per heavy atom. The predicted molar refractivity (Wildman–Crippen MR) is 76.8 cm³/mol. The largest absolute Gasteiger partial charge is 0.461 e. The van der Waals surface area contributed by atoms with Crippen LogP contribution >= 0.6 is 11.3 Å². The molecule has 0 aliphatic carbocycles. The molecule has 5 nitrogen and oxygen atoms in total. The Bertz CT molecular complexity index is 568. The van der Waals surface area contributed by atoms with Crippen molar-refractivity contribution in [3.05, 3.63) is 17.1 Å². The van der Waals surface area contributed by atoms with Gasteiger partial charge in [0.2, 0.25) is 0 Å². The first-order valence-corrected chi connectivity index (χ1v) is 7.30. The molecule has 1 N–H and O–H groups in total. The zero-order valence-corrected chi connectivity index (χ0v) is 11.9. The zero-order chi connectivity index (χ0) is 13.7. The molecule has 0 amide bonds. The van der Waals surface area contributed by atoms with E-state index in [1.165, 1.54) is 11.3 Å². The molecule has 0 saturated heterocycles.